The molecule has 30 heavy (non-hydrogen) atoms. The van der Waals surface area contributed by atoms with Gasteiger partial charge in [0, 0.05) is 11.3 Å². The molecule has 0 aromatic heterocycles. The maximum Gasteiger partial charge on any atom is 0.335 e. The Bertz CT molecular complexity index is 937. The number of ketones is 1. The fourth-order valence-electron chi connectivity index (χ4n) is 3.31. The van der Waals surface area contributed by atoms with Crippen molar-refractivity contribution in [1.82, 2.24) is 0 Å². The Morgan fingerprint density at radius 1 is 1.10 bits per heavy atom. The number of carbonyl (C=O) groups is 2. The molecule has 0 bridgehead atoms. The molecule has 0 radical (unpaired) electrons. The summed E-state index contributed by atoms with van der Waals surface area (Å²) in [6, 6.07) is 14.6. The van der Waals surface area contributed by atoms with Crippen LogP contribution in [0, 0.1) is 0 Å². The highest BCUT2D eigenvalue weighted by Crippen LogP contribution is 2.51. The van der Waals surface area contributed by atoms with Crippen LogP contribution in [0.5, 0.6) is 0 Å². The smallest absolute Gasteiger partial charge is 0.325 e. The number of amides is 1. The molecular weight excluding hydrogens is 421 g/mol. The standard InChI is InChI=1S/C22H26NO5PS/c1-3-27-29(26,28-4-2)14-16-9-11-18(12-10-16)23-22(25)21-13-17-7-5-6-8-19(17)20(24)15-30-21/h5-12,21H,3-4,13-15H2,1-2H3,(H,23,25). The average molecular weight is 447 g/mol. The van der Waals surface area contributed by atoms with Crippen molar-refractivity contribution in [3.05, 3.63) is 65.2 Å². The van der Waals surface area contributed by atoms with Crippen LogP contribution in [0.4, 0.5) is 5.69 Å². The highest BCUT2D eigenvalue weighted by atomic mass is 32.2. The predicted molar refractivity (Wildman–Crippen MR) is 120 cm³/mol. The Balaban J connectivity index is 1.65. The summed E-state index contributed by atoms with van der Waals surface area (Å²) in [5.74, 6) is 0.216. The number of hydrogen-bond acceptors (Lipinski definition) is 6. The van der Waals surface area contributed by atoms with Crippen molar-refractivity contribution in [1.29, 1.82) is 0 Å². The number of anilines is 1. The summed E-state index contributed by atoms with van der Waals surface area (Å²) in [5.41, 5.74) is 3.07. The summed E-state index contributed by atoms with van der Waals surface area (Å²) < 4.78 is 23.3. The molecule has 6 nitrogen and oxygen atoms in total. The van der Waals surface area contributed by atoms with Gasteiger partial charge >= 0.3 is 7.60 Å². The summed E-state index contributed by atoms with van der Waals surface area (Å²) in [5, 5.41) is 2.58. The molecule has 1 aliphatic heterocycles. The van der Waals surface area contributed by atoms with Gasteiger partial charge in [0.25, 0.3) is 0 Å². The third-order valence-corrected chi connectivity index (χ3v) is 7.95. The second kappa shape index (κ2) is 10.4. The largest absolute Gasteiger partial charge is 0.335 e. The van der Waals surface area contributed by atoms with E-state index in [2.05, 4.69) is 5.32 Å². The van der Waals surface area contributed by atoms with Gasteiger partial charge in [-0.05, 0) is 43.5 Å². The number of benzene rings is 2. The first-order valence-corrected chi connectivity index (χ1v) is 12.7. The number of Topliss-reactive ketones (excluding diaryl/α,β-unsaturated/α-hetero) is 1. The molecule has 0 saturated carbocycles. The Morgan fingerprint density at radius 2 is 1.77 bits per heavy atom. The van der Waals surface area contributed by atoms with Gasteiger partial charge in [-0.25, -0.2) is 0 Å². The number of nitrogens with one attached hydrogen (secondary N) is 1. The van der Waals surface area contributed by atoms with Crippen molar-refractivity contribution in [3.8, 4) is 0 Å². The lowest BCUT2D eigenvalue weighted by Crippen LogP contribution is -2.27. The van der Waals surface area contributed by atoms with Gasteiger partial charge in [0.05, 0.1) is 30.4 Å². The molecule has 1 amide bonds. The van der Waals surface area contributed by atoms with E-state index in [9.17, 15) is 14.2 Å². The van der Waals surface area contributed by atoms with E-state index in [4.69, 9.17) is 9.05 Å². The van der Waals surface area contributed by atoms with E-state index in [1.165, 1.54) is 11.8 Å². The molecule has 0 aliphatic carbocycles. The maximum absolute atomic E-state index is 12.8. The van der Waals surface area contributed by atoms with E-state index in [-0.39, 0.29) is 28.9 Å². The van der Waals surface area contributed by atoms with Crippen molar-refractivity contribution >= 4 is 36.7 Å². The predicted octanol–water partition coefficient (Wildman–Crippen LogP) is 4.93. The van der Waals surface area contributed by atoms with Gasteiger partial charge in [-0.3, -0.25) is 14.2 Å². The monoisotopic (exact) mass is 447 g/mol. The van der Waals surface area contributed by atoms with Crippen LogP contribution >= 0.6 is 19.4 Å². The van der Waals surface area contributed by atoms with E-state index in [0.717, 1.165) is 11.1 Å². The zero-order chi connectivity index (χ0) is 21.6. The summed E-state index contributed by atoms with van der Waals surface area (Å²) in [6.45, 7) is 4.19. The van der Waals surface area contributed by atoms with E-state index in [1.54, 1.807) is 38.1 Å². The van der Waals surface area contributed by atoms with Gasteiger partial charge in [0.1, 0.15) is 0 Å². The van der Waals surface area contributed by atoms with Crippen molar-refractivity contribution in [2.75, 3.05) is 24.3 Å². The number of rotatable bonds is 8. The number of carbonyl (C=O) groups excluding carboxylic acids is 2. The van der Waals surface area contributed by atoms with Gasteiger partial charge in [-0.2, -0.15) is 0 Å². The minimum atomic E-state index is -3.17. The fourth-order valence-corrected chi connectivity index (χ4v) is 6.03. The topological polar surface area (TPSA) is 81.7 Å². The molecule has 8 heteroatoms. The summed E-state index contributed by atoms with van der Waals surface area (Å²) in [6.07, 6.45) is 0.697. The van der Waals surface area contributed by atoms with Crippen LogP contribution in [0.15, 0.2) is 48.5 Å². The lowest BCUT2D eigenvalue weighted by molar-refractivity contribution is -0.115. The van der Waals surface area contributed by atoms with E-state index in [0.29, 0.717) is 30.9 Å². The van der Waals surface area contributed by atoms with Crippen molar-refractivity contribution in [2.45, 2.75) is 31.7 Å². The van der Waals surface area contributed by atoms with Crippen LogP contribution in [0.1, 0.15) is 35.3 Å². The average Bonchev–Trinajstić information content (AvgIpc) is 2.89. The second-order valence-corrected chi connectivity index (χ2v) is 10.1. The van der Waals surface area contributed by atoms with Gasteiger partial charge in [0.2, 0.25) is 5.91 Å². The molecule has 0 fully saturated rings. The van der Waals surface area contributed by atoms with Crippen LogP contribution < -0.4 is 5.32 Å². The highest BCUT2D eigenvalue weighted by Gasteiger charge is 2.27. The van der Waals surface area contributed by atoms with E-state index in [1.807, 2.05) is 24.3 Å². The quantitative estimate of drug-likeness (QED) is 0.578. The summed E-state index contributed by atoms with van der Waals surface area (Å²) in [4.78, 5) is 25.1. The number of thioether (sulfide) groups is 1. The Labute approximate surface area is 181 Å². The van der Waals surface area contributed by atoms with Gasteiger partial charge in [-0.15, -0.1) is 11.8 Å². The summed E-state index contributed by atoms with van der Waals surface area (Å²) in [7, 11) is -3.17. The van der Waals surface area contributed by atoms with Crippen molar-refractivity contribution < 1.29 is 23.2 Å². The Hall–Kier alpha value is -1.92. The first-order chi connectivity index (χ1) is 14.4. The van der Waals surface area contributed by atoms with E-state index >= 15 is 0 Å². The van der Waals surface area contributed by atoms with Crippen LogP contribution in [0.2, 0.25) is 0 Å². The van der Waals surface area contributed by atoms with Crippen LogP contribution in [-0.4, -0.2) is 35.9 Å². The molecule has 0 spiro atoms. The minimum absolute atomic E-state index is 0.0586. The molecule has 1 unspecified atom stereocenters. The van der Waals surface area contributed by atoms with E-state index < -0.39 is 7.60 Å². The van der Waals surface area contributed by atoms with Gasteiger partial charge in [-0.1, -0.05) is 36.4 Å². The van der Waals surface area contributed by atoms with Gasteiger partial charge in [0.15, 0.2) is 5.78 Å². The molecule has 1 N–H and O–H groups in total. The molecule has 160 valence electrons. The normalized spacial score (nSPS) is 16.6. The molecule has 2 aromatic carbocycles. The Morgan fingerprint density at radius 3 is 2.43 bits per heavy atom. The minimum Gasteiger partial charge on any atom is -0.325 e. The third-order valence-electron chi connectivity index (χ3n) is 4.68. The lowest BCUT2D eigenvalue weighted by Gasteiger charge is -2.17. The van der Waals surface area contributed by atoms with Crippen molar-refractivity contribution in [3.63, 3.8) is 0 Å². The third kappa shape index (κ3) is 5.82. The summed E-state index contributed by atoms with van der Waals surface area (Å²) >= 11 is 1.37. The molecule has 1 heterocycles. The zero-order valence-electron chi connectivity index (χ0n) is 17.1. The second-order valence-electron chi connectivity index (χ2n) is 6.87. The van der Waals surface area contributed by atoms with Crippen molar-refractivity contribution in [2.24, 2.45) is 0 Å². The zero-order valence-corrected chi connectivity index (χ0v) is 18.8. The molecule has 1 aliphatic rings. The van der Waals surface area contributed by atoms with Gasteiger partial charge < -0.3 is 14.4 Å². The molecule has 2 aromatic rings. The fraction of sp³-hybridized carbons (Fsp3) is 0.364. The number of hydrogen-bond donors (Lipinski definition) is 1. The maximum atomic E-state index is 12.8. The highest BCUT2D eigenvalue weighted by molar-refractivity contribution is 8.01. The first-order valence-electron chi connectivity index (χ1n) is 9.94. The molecule has 0 saturated heterocycles. The molecule has 1 atom stereocenters. The molecular formula is C22H26NO5PS. The van der Waals surface area contributed by atoms with Crippen LogP contribution in [-0.2, 0) is 31.0 Å². The van der Waals surface area contributed by atoms with Crippen LogP contribution in [0.3, 0.4) is 0 Å². The first kappa shape index (κ1) is 22.8. The lowest BCUT2D eigenvalue weighted by atomic mass is 10.00. The molecule has 3 rings (SSSR count). The SMILES string of the molecule is CCOP(=O)(Cc1ccc(NC(=O)C2Cc3ccccc3C(=O)CS2)cc1)OCC. The Kier molecular flexibility index (Phi) is 7.89. The number of fused-ring (bicyclic) bond motifs is 1. The van der Waals surface area contributed by atoms with Crippen LogP contribution in [0.25, 0.3) is 0 Å².